The van der Waals surface area contributed by atoms with Crippen LogP contribution < -0.4 is 19.1 Å². The molecule has 2 aromatic carbocycles. The number of aromatic nitrogens is 10. The Morgan fingerprint density at radius 3 is 1.58 bits per heavy atom. The van der Waals surface area contributed by atoms with Gasteiger partial charge in [0.1, 0.15) is 5.88 Å². The summed E-state index contributed by atoms with van der Waals surface area (Å²) in [5.41, 5.74) is 5.38. The molecular weight excluding hydrogens is 971 g/mol. The molecule has 0 N–H and O–H groups in total. The van der Waals surface area contributed by atoms with E-state index in [1.165, 1.54) is 0 Å². The maximum absolute atomic E-state index is 5.72. The van der Waals surface area contributed by atoms with E-state index < -0.39 is 0 Å². The Labute approximate surface area is 301 Å². The fourth-order valence-corrected chi connectivity index (χ4v) is 5.73. The van der Waals surface area contributed by atoms with Gasteiger partial charge in [-0.15, -0.1) is 16.6 Å². The molecule has 0 saturated carbocycles. The molecule has 0 amide bonds. The summed E-state index contributed by atoms with van der Waals surface area (Å²) in [6, 6.07) is 12.2. The van der Waals surface area contributed by atoms with Gasteiger partial charge in [-0.1, -0.05) is 66.7 Å². The molecule has 0 atom stereocenters. The van der Waals surface area contributed by atoms with Crippen molar-refractivity contribution in [2.24, 2.45) is 14.1 Å². The molecule has 0 aliphatic carbocycles. The fourth-order valence-electron chi connectivity index (χ4n) is 5.73. The second-order valence-electron chi connectivity index (χ2n) is 10.7. The first-order valence-corrected chi connectivity index (χ1v) is 14.3. The molecule has 0 unspecified atom stereocenters. The predicted octanol–water partition coefficient (Wildman–Crippen LogP) is 3.88. The van der Waals surface area contributed by atoms with E-state index in [0.29, 0.717) is 11.8 Å². The Hall–Kier alpha value is -5.18. The van der Waals surface area contributed by atoms with Crippen molar-refractivity contribution in [3.8, 4) is 23.1 Å². The average molecular weight is 993 g/mol. The third kappa shape index (κ3) is 5.08. The molecule has 10 aromatic rings. The molecule has 0 radical (unpaired) electrons. The Morgan fingerprint density at radius 1 is 0.583 bits per heavy atom. The second kappa shape index (κ2) is 12.4. The summed E-state index contributed by atoms with van der Waals surface area (Å²) in [7, 11) is 3.86. The molecule has 48 heavy (non-hydrogen) atoms. The van der Waals surface area contributed by atoms with Crippen LogP contribution >= 0.6 is 0 Å². The van der Waals surface area contributed by atoms with Crippen LogP contribution in [0.25, 0.3) is 66.8 Å². The third-order valence-electron chi connectivity index (χ3n) is 7.83. The van der Waals surface area contributed by atoms with Crippen molar-refractivity contribution < 1.29 is 60.1 Å². The molecule has 12 nitrogen and oxygen atoms in total. The molecule has 0 bridgehead atoms. The monoisotopic (exact) mass is 992 g/mol. The maximum Gasteiger partial charge on any atom is 0.245 e. The van der Waals surface area contributed by atoms with Crippen molar-refractivity contribution in [2.75, 3.05) is 0 Å². The van der Waals surface area contributed by atoms with Crippen LogP contribution in [0, 0.1) is 25.3 Å². The Balaban J connectivity index is 0.000000146. The van der Waals surface area contributed by atoms with Crippen LogP contribution in [0.5, 0.6) is 0 Å². The minimum Gasteiger partial charge on any atom is -0.665 e. The molecule has 0 saturated heterocycles. The first kappa shape index (κ1) is 31.4. The summed E-state index contributed by atoms with van der Waals surface area (Å²) < 4.78 is 22.4. The molecule has 0 aliphatic rings. The number of para-hydroxylation sites is 2. The number of hydrogen-bond acceptors (Lipinski definition) is 4. The zero-order valence-corrected chi connectivity index (χ0v) is 29.7. The number of nitrogens with zero attached hydrogens (tertiary/aromatic N) is 10. The first-order valence-electron chi connectivity index (χ1n) is 14.3. The molecule has 8 heterocycles. The summed E-state index contributed by atoms with van der Waals surface area (Å²) >= 11 is 0. The van der Waals surface area contributed by atoms with Crippen LogP contribution in [0.15, 0.2) is 107 Å². The number of fused-ring (bicyclic) bond motifs is 6. The van der Waals surface area contributed by atoms with Gasteiger partial charge in [0.15, 0.2) is 5.88 Å². The second-order valence-corrected chi connectivity index (χ2v) is 10.7. The smallest absolute Gasteiger partial charge is 0.245 e. The van der Waals surface area contributed by atoms with Crippen LogP contribution in [-0.2, 0) is 56.2 Å². The van der Waals surface area contributed by atoms with Crippen molar-refractivity contribution >= 4 is 43.6 Å². The zero-order valence-electron chi connectivity index (χ0n) is 25.2. The molecular formula is C34H22N10O2Pt2-4. The van der Waals surface area contributed by atoms with Crippen LogP contribution in [0.3, 0.4) is 0 Å². The molecule has 10 rings (SSSR count). The Bertz CT molecular complexity index is 2630. The first-order chi connectivity index (χ1) is 22.6. The standard InChI is InChI=1S/2C17H11N5O.2Pt/c1-20-7-8-22(11-20)14-4-2-3-12-13-9-23-17(16(13)19-15(12)14)21-6-5-18-10-21;1-20-7-8-22(11-20)17-16-13(9-23-17)12-3-2-4-14(15(12)19-16)21-6-5-18-10-21;;/h2*2-9H,1H3;;/q2*-2;;. The van der Waals surface area contributed by atoms with Crippen molar-refractivity contribution in [1.82, 2.24) is 38.2 Å². The topological polar surface area (TPSA) is 108 Å². The fraction of sp³-hybridized carbons (Fsp3) is 0.0588. The number of aryl methyl sites for hydroxylation is 2. The van der Waals surface area contributed by atoms with E-state index in [1.54, 1.807) is 40.3 Å². The largest absolute Gasteiger partial charge is 0.665 e. The van der Waals surface area contributed by atoms with Gasteiger partial charge >= 0.3 is 0 Å². The summed E-state index contributed by atoms with van der Waals surface area (Å²) in [4.78, 5) is 17.5. The molecule has 14 heteroatoms. The van der Waals surface area contributed by atoms with E-state index in [2.05, 4.69) is 41.3 Å². The summed E-state index contributed by atoms with van der Waals surface area (Å²) in [5.74, 6) is 1.29. The molecule has 244 valence electrons. The van der Waals surface area contributed by atoms with Gasteiger partial charge in [-0.2, -0.15) is 0 Å². The SMILES string of the molecule is C[n+]1[c-]n(-c2cccc3c2[n-]c2c(-n4[c-]ncc4)occ23)cc1.C[n+]1[c-]n(-c2occ3c2[n-]c2c(-n4[c-]ncc4)cccc23)cc1.[Pt].[Pt]. The Kier molecular flexibility index (Phi) is 8.15. The van der Waals surface area contributed by atoms with Crippen LogP contribution in [0.4, 0.5) is 0 Å². The molecule has 0 aliphatic heterocycles. The minimum absolute atomic E-state index is 0. The van der Waals surface area contributed by atoms with Crippen molar-refractivity contribution in [1.29, 1.82) is 0 Å². The summed E-state index contributed by atoms with van der Waals surface area (Å²) in [6.45, 7) is 0. The van der Waals surface area contributed by atoms with Gasteiger partial charge in [-0.3, -0.25) is 4.57 Å². The van der Waals surface area contributed by atoms with Gasteiger partial charge in [-0.05, 0) is 27.2 Å². The van der Waals surface area contributed by atoms with E-state index in [9.17, 15) is 0 Å². The van der Waals surface area contributed by atoms with Crippen molar-refractivity contribution in [3.05, 3.63) is 124 Å². The van der Waals surface area contributed by atoms with Crippen molar-refractivity contribution in [3.63, 3.8) is 0 Å². The number of furan rings is 2. The third-order valence-corrected chi connectivity index (χ3v) is 7.83. The summed E-state index contributed by atoms with van der Waals surface area (Å²) in [6.07, 6.45) is 30.3. The summed E-state index contributed by atoms with van der Waals surface area (Å²) in [5, 5.41) is 4.07. The van der Waals surface area contributed by atoms with Crippen LogP contribution in [0.1, 0.15) is 0 Å². The van der Waals surface area contributed by atoms with Crippen LogP contribution in [0.2, 0.25) is 0 Å². The predicted molar refractivity (Wildman–Crippen MR) is 165 cm³/mol. The zero-order chi connectivity index (χ0) is 30.8. The van der Waals surface area contributed by atoms with Gasteiger partial charge in [-0.25, -0.2) is 0 Å². The van der Waals surface area contributed by atoms with E-state index in [4.69, 9.17) is 18.8 Å². The van der Waals surface area contributed by atoms with Crippen molar-refractivity contribution in [2.45, 2.75) is 0 Å². The quantitative estimate of drug-likeness (QED) is 0.196. The molecule has 0 spiro atoms. The average Bonchev–Trinajstić information content (AvgIpc) is 3.88. The minimum atomic E-state index is 0. The number of rotatable bonds is 4. The maximum atomic E-state index is 5.72. The molecule has 0 fully saturated rings. The van der Waals surface area contributed by atoms with E-state index in [-0.39, 0.29) is 42.1 Å². The van der Waals surface area contributed by atoms with Gasteiger partial charge < -0.3 is 51.6 Å². The molecule has 8 aromatic heterocycles. The van der Waals surface area contributed by atoms with E-state index >= 15 is 0 Å². The Morgan fingerprint density at radius 2 is 1.08 bits per heavy atom. The van der Waals surface area contributed by atoms with Gasteiger partial charge in [0, 0.05) is 85.3 Å². The van der Waals surface area contributed by atoms with E-state index in [1.807, 2.05) is 93.7 Å². The van der Waals surface area contributed by atoms with Crippen LogP contribution in [-0.4, -0.2) is 28.2 Å². The normalized spacial score (nSPS) is 11.2. The number of benzene rings is 2. The van der Waals surface area contributed by atoms with Gasteiger partial charge in [0.05, 0.1) is 26.6 Å². The number of imidazole rings is 4. The van der Waals surface area contributed by atoms with E-state index in [0.717, 1.165) is 55.0 Å². The van der Waals surface area contributed by atoms with Gasteiger partial charge in [0.25, 0.3) is 0 Å². The van der Waals surface area contributed by atoms with Gasteiger partial charge in [0.2, 0.25) is 12.7 Å². The number of hydrogen-bond donors (Lipinski definition) is 0.